The zero-order valence-electron chi connectivity index (χ0n) is 11.9. The van der Waals surface area contributed by atoms with E-state index < -0.39 is 0 Å². The van der Waals surface area contributed by atoms with Crippen LogP contribution in [0.5, 0.6) is 23.0 Å². The number of nitrogens with two attached hydrogens (primary N) is 1. The summed E-state index contributed by atoms with van der Waals surface area (Å²) < 4.78 is 16.7. The maximum atomic E-state index is 5.87. The molecule has 0 spiro atoms. The van der Waals surface area contributed by atoms with Crippen molar-refractivity contribution < 1.29 is 14.2 Å². The third-order valence-corrected chi connectivity index (χ3v) is 2.57. The highest BCUT2D eigenvalue weighted by molar-refractivity contribution is 5.52. The largest absolute Gasteiger partial charge is 0.493 e. The summed E-state index contributed by atoms with van der Waals surface area (Å²) in [6, 6.07) is 12.8. The zero-order valence-corrected chi connectivity index (χ0v) is 11.9. The van der Waals surface area contributed by atoms with Crippen molar-refractivity contribution in [2.75, 3.05) is 12.8 Å². The Morgan fingerprint density at radius 3 is 2.25 bits per heavy atom. The maximum absolute atomic E-state index is 5.87. The number of benzene rings is 2. The number of rotatable bonds is 5. The van der Waals surface area contributed by atoms with Gasteiger partial charge in [-0.3, -0.25) is 0 Å². The Balaban J connectivity index is 2.26. The van der Waals surface area contributed by atoms with Crippen LogP contribution in [0.15, 0.2) is 42.5 Å². The minimum Gasteiger partial charge on any atom is -0.493 e. The minimum atomic E-state index is 0.0795. The van der Waals surface area contributed by atoms with Gasteiger partial charge in [-0.05, 0) is 26.0 Å². The van der Waals surface area contributed by atoms with E-state index in [1.165, 1.54) is 0 Å². The van der Waals surface area contributed by atoms with E-state index >= 15 is 0 Å². The summed E-state index contributed by atoms with van der Waals surface area (Å²) in [5, 5.41) is 0. The normalized spacial score (nSPS) is 10.4. The second-order valence-electron chi connectivity index (χ2n) is 4.66. The van der Waals surface area contributed by atoms with Gasteiger partial charge in [-0.2, -0.15) is 0 Å². The molecule has 0 saturated carbocycles. The van der Waals surface area contributed by atoms with Crippen molar-refractivity contribution in [3.8, 4) is 23.0 Å². The highest BCUT2D eigenvalue weighted by Gasteiger charge is 2.07. The highest BCUT2D eigenvalue weighted by atomic mass is 16.5. The molecule has 20 heavy (non-hydrogen) atoms. The first-order valence-electron chi connectivity index (χ1n) is 6.46. The van der Waals surface area contributed by atoms with Gasteiger partial charge in [0, 0.05) is 23.9 Å². The van der Waals surface area contributed by atoms with E-state index in [0.29, 0.717) is 28.7 Å². The molecule has 0 aliphatic heterocycles. The van der Waals surface area contributed by atoms with E-state index in [-0.39, 0.29) is 6.10 Å². The van der Waals surface area contributed by atoms with E-state index in [4.69, 9.17) is 19.9 Å². The third-order valence-electron chi connectivity index (χ3n) is 2.57. The molecule has 0 bridgehead atoms. The van der Waals surface area contributed by atoms with Crippen molar-refractivity contribution in [2.45, 2.75) is 20.0 Å². The first-order chi connectivity index (χ1) is 9.58. The van der Waals surface area contributed by atoms with Gasteiger partial charge in [0.2, 0.25) is 0 Å². The molecule has 0 aliphatic rings. The number of para-hydroxylation sites is 2. The first kappa shape index (κ1) is 14.1. The molecule has 4 heteroatoms. The van der Waals surface area contributed by atoms with Crippen LogP contribution in [0.25, 0.3) is 0 Å². The molecule has 0 amide bonds. The lowest BCUT2D eigenvalue weighted by Gasteiger charge is -2.14. The maximum Gasteiger partial charge on any atom is 0.169 e. The van der Waals surface area contributed by atoms with Gasteiger partial charge < -0.3 is 19.9 Å². The molecule has 2 aromatic rings. The Labute approximate surface area is 119 Å². The van der Waals surface area contributed by atoms with Gasteiger partial charge in [0.1, 0.15) is 11.5 Å². The summed E-state index contributed by atoms with van der Waals surface area (Å²) >= 11 is 0. The van der Waals surface area contributed by atoms with Gasteiger partial charge in [0.15, 0.2) is 11.5 Å². The number of methoxy groups -OCH3 is 1. The van der Waals surface area contributed by atoms with Crippen LogP contribution in [0.1, 0.15) is 13.8 Å². The van der Waals surface area contributed by atoms with E-state index in [1.807, 2.05) is 44.2 Å². The first-order valence-corrected chi connectivity index (χ1v) is 6.46. The van der Waals surface area contributed by atoms with Gasteiger partial charge in [-0.15, -0.1) is 0 Å². The lowest BCUT2D eigenvalue weighted by Crippen LogP contribution is -2.06. The highest BCUT2D eigenvalue weighted by Crippen LogP contribution is 2.33. The van der Waals surface area contributed by atoms with Crippen LogP contribution in [0.4, 0.5) is 5.69 Å². The predicted molar refractivity (Wildman–Crippen MR) is 79.7 cm³/mol. The average Bonchev–Trinajstić information content (AvgIpc) is 2.37. The number of hydrogen-bond donors (Lipinski definition) is 1. The molecule has 0 radical (unpaired) electrons. The molecule has 0 saturated heterocycles. The van der Waals surface area contributed by atoms with Gasteiger partial charge in [-0.25, -0.2) is 0 Å². The molecule has 0 atom stereocenters. The predicted octanol–water partition coefficient (Wildman–Crippen LogP) is 3.86. The second kappa shape index (κ2) is 6.19. The van der Waals surface area contributed by atoms with E-state index in [0.717, 1.165) is 0 Å². The van der Waals surface area contributed by atoms with E-state index in [1.54, 1.807) is 19.2 Å². The van der Waals surface area contributed by atoms with Crippen LogP contribution in [0.2, 0.25) is 0 Å². The molecule has 106 valence electrons. The SMILES string of the molecule is COc1ccccc1Oc1cc(N)cc(OC(C)C)c1. The van der Waals surface area contributed by atoms with Crippen LogP contribution < -0.4 is 19.9 Å². The summed E-state index contributed by atoms with van der Waals surface area (Å²) in [6.45, 7) is 3.92. The third kappa shape index (κ3) is 3.57. The van der Waals surface area contributed by atoms with Crippen LogP contribution in [0.3, 0.4) is 0 Å². The molecule has 0 unspecified atom stereocenters. The molecular formula is C16H19NO3. The quantitative estimate of drug-likeness (QED) is 0.840. The Morgan fingerprint density at radius 2 is 1.60 bits per heavy atom. The smallest absolute Gasteiger partial charge is 0.169 e. The van der Waals surface area contributed by atoms with Crippen LogP contribution in [-0.4, -0.2) is 13.2 Å². The fraction of sp³-hybridized carbons (Fsp3) is 0.250. The fourth-order valence-corrected chi connectivity index (χ4v) is 1.82. The van der Waals surface area contributed by atoms with Crippen LogP contribution in [-0.2, 0) is 0 Å². The van der Waals surface area contributed by atoms with E-state index in [2.05, 4.69) is 0 Å². The summed E-state index contributed by atoms with van der Waals surface area (Å²) in [6.07, 6.45) is 0.0795. The Hall–Kier alpha value is -2.36. The minimum absolute atomic E-state index is 0.0795. The van der Waals surface area contributed by atoms with Gasteiger partial charge in [-0.1, -0.05) is 12.1 Å². The fourth-order valence-electron chi connectivity index (χ4n) is 1.82. The Morgan fingerprint density at radius 1 is 0.950 bits per heavy atom. The van der Waals surface area contributed by atoms with Gasteiger partial charge in [0.25, 0.3) is 0 Å². The second-order valence-corrected chi connectivity index (χ2v) is 4.66. The summed E-state index contributed by atoms with van der Waals surface area (Å²) in [7, 11) is 1.61. The van der Waals surface area contributed by atoms with Crippen molar-refractivity contribution in [1.82, 2.24) is 0 Å². The Bertz CT molecular complexity index is 582. The molecule has 2 N–H and O–H groups in total. The molecule has 0 aromatic heterocycles. The molecule has 0 heterocycles. The molecule has 2 rings (SSSR count). The van der Waals surface area contributed by atoms with Gasteiger partial charge in [0.05, 0.1) is 13.2 Å². The lowest BCUT2D eigenvalue weighted by molar-refractivity contribution is 0.241. The van der Waals surface area contributed by atoms with Crippen molar-refractivity contribution in [3.63, 3.8) is 0 Å². The number of nitrogen functional groups attached to an aromatic ring is 1. The molecule has 0 aliphatic carbocycles. The van der Waals surface area contributed by atoms with Crippen molar-refractivity contribution >= 4 is 5.69 Å². The monoisotopic (exact) mass is 273 g/mol. The number of hydrogen-bond acceptors (Lipinski definition) is 4. The average molecular weight is 273 g/mol. The van der Waals surface area contributed by atoms with Gasteiger partial charge >= 0.3 is 0 Å². The number of anilines is 1. The molecular weight excluding hydrogens is 254 g/mol. The standard InChI is InChI=1S/C16H19NO3/c1-11(2)19-13-8-12(17)9-14(10-13)20-16-7-5-4-6-15(16)18-3/h4-11H,17H2,1-3H3. The van der Waals surface area contributed by atoms with E-state index in [9.17, 15) is 0 Å². The zero-order chi connectivity index (χ0) is 14.5. The van der Waals surface area contributed by atoms with Crippen molar-refractivity contribution in [2.24, 2.45) is 0 Å². The summed E-state index contributed by atoms with van der Waals surface area (Å²) in [5.41, 5.74) is 6.46. The summed E-state index contributed by atoms with van der Waals surface area (Å²) in [5.74, 6) is 2.60. The molecule has 0 fully saturated rings. The van der Waals surface area contributed by atoms with Crippen molar-refractivity contribution in [3.05, 3.63) is 42.5 Å². The van der Waals surface area contributed by atoms with Crippen LogP contribution >= 0.6 is 0 Å². The molecule has 4 nitrogen and oxygen atoms in total. The lowest BCUT2D eigenvalue weighted by atomic mass is 10.2. The summed E-state index contributed by atoms with van der Waals surface area (Å²) in [4.78, 5) is 0. The van der Waals surface area contributed by atoms with Crippen LogP contribution in [0, 0.1) is 0 Å². The topological polar surface area (TPSA) is 53.7 Å². The molecule has 2 aromatic carbocycles. The van der Waals surface area contributed by atoms with Crippen molar-refractivity contribution in [1.29, 1.82) is 0 Å². The number of ether oxygens (including phenoxy) is 3. The Kier molecular flexibility index (Phi) is 4.35.